The third kappa shape index (κ3) is 2.97. The van der Waals surface area contributed by atoms with E-state index < -0.39 is 9.84 Å². The molecule has 7 heteroatoms. The third-order valence-electron chi connectivity index (χ3n) is 6.31. The van der Waals surface area contributed by atoms with Gasteiger partial charge in [0.05, 0.1) is 15.5 Å². The Bertz CT molecular complexity index is 1200. The fraction of sp³-hybridized carbons (Fsp3) is 0.364. The van der Waals surface area contributed by atoms with E-state index in [1.54, 1.807) is 18.2 Å². The molecule has 2 atom stereocenters. The van der Waals surface area contributed by atoms with Gasteiger partial charge in [-0.15, -0.1) is 12.4 Å². The summed E-state index contributed by atoms with van der Waals surface area (Å²) in [6, 6.07) is 13.7. The quantitative estimate of drug-likeness (QED) is 0.684. The van der Waals surface area contributed by atoms with Gasteiger partial charge in [-0.05, 0) is 48.7 Å². The van der Waals surface area contributed by atoms with E-state index in [1.165, 1.54) is 17.7 Å². The Balaban J connectivity index is 0.00000205. The predicted octanol–water partition coefficient (Wildman–Crippen LogP) is 3.85. The summed E-state index contributed by atoms with van der Waals surface area (Å²) in [6.07, 6.45) is 3.33. The van der Waals surface area contributed by atoms with Crippen LogP contribution in [0.15, 0.2) is 52.3 Å². The van der Waals surface area contributed by atoms with Crippen molar-refractivity contribution in [3.05, 3.63) is 53.7 Å². The summed E-state index contributed by atoms with van der Waals surface area (Å²) in [4.78, 5) is 2.56. The summed E-state index contributed by atoms with van der Waals surface area (Å²) in [7, 11) is 2.23. The maximum absolute atomic E-state index is 13.5. The zero-order valence-electron chi connectivity index (χ0n) is 16.8. The number of hydrogen-bond acceptors (Lipinski definition) is 4. The van der Waals surface area contributed by atoms with Gasteiger partial charge in [-0.2, -0.15) is 0 Å². The number of fused-ring (bicyclic) bond motifs is 6. The number of hydrogen-bond donors (Lipinski definition) is 1. The van der Waals surface area contributed by atoms with Crippen LogP contribution in [-0.4, -0.2) is 33.1 Å². The van der Waals surface area contributed by atoms with Crippen LogP contribution in [0.2, 0.25) is 0 Å². The number of aromatic nitrogens is 1. The van der Waals surface area contributed by atoms with Crippen LogP contribution in [0.5, 0.6) is 0 Å². The number of nitrogens with zero attached hydrogens (tertiary/aromatic N) is 2. The second kappa shape index (κ2) is 7.04. The van der Waals surface area contributed by atoms with E-state index in [1.807, 2.05) is 43.3 Å². The molecule has 2 bridgehead atoms. The number of anilines is 1. The first kappa shape index (κ1) is 20.3. The second-order valence-electron chi connectivity index (χ2n) is 8.16. The molecule has 1 aromatic heterocycles. The molecule has 0 saturated carbocycles. The molecule has 0 amide bonds. The maximum atomic E-state index is 13.5. The van der Waals surface area contributed by atoms with Gasteiger partial charge < -0.3 is 14.8 Å². The van der Waals surface area contributed by atoms with Crippen molar-refractivity contribution in [2.45, 2.75) is 41.1 Å². The van der Waals surface area contributed by atoms with E-state index in [2.05, 4.69) is 16.9 Å². The van der Waals surface area contributed by atoms with Crippen LogP contribution in [0.3, 0.4) is 0 Å². The van der Waals surface area contributed by atoms with Gasteiger partial charge in [0.1, 0.15) is 0 Å². The minimum absolute atomic E-state index is 0. The minimum Gasteiger partial charge on any atom is -0.377 e. The summed E-state index contributed by atoms with van der Waals surface area (Å²) < 4.78 is 29.2. The largest absolute Gasteiger partial charge is 0.377 e. The van der Waals surface area contributed by atoms with E-state index in [-0.39, 0.29) is 12.4 Å². The molecule has 1 N–H and O–H groups in total. The normalized spacial score (nSPS) is 20.4. The molecule has 3 aromatic rings. The molecular weight excluding hydrogens is 406 g/mol. The lowest BCUT2D eigenvalue weighted by atomic mass is 9.99. The van der Waals surface area contributed by atoms with Crippen molar-refractivity contribution >= 4 is 38.8 Å². The highest BCUT2D eigenvalue weighted by Gasteiger charge is 2.36. The molecule has 3 heterocycles. The first-order valence-electron chi connectivity index (χ1n) is 9.76. The molecule has 0 radical (unpaired) electrons. The van der Waals surface area contributed by atoms with Gasteiger partial charge in [0.25, 0.3) is 0 Å². The molecule has 29 heavy (non-hydrogen) atoms. The fourth-order valence-electron chi connectivity index (χ4n) is 4.93. The van der Waals surface area contributed by atoms with Crippen molar-refractivity contribution in [2.24, 2.45) is 7.05 Å². The van der Waals surface area contributed by atoms with Crippen LogP contribution < -0.4 is 10.2 Å². The van der Waals surface area contributed by atoms with E-state index in [4.69, 9.17) is 0 Å². The number of aryl methyl sites for hydroxylation is 1. The second-order valence-corrected chi connectivity index (χ2v) is 10.1. The SMILES string of the molecule is CN(C)c1ccccc1S(=O)(=O)c1ccc2c(c1)c1c(n2C)CC2CCC1N2.Cl. The number of sulfone groups is 1. The van der Waals surface area contributed by atoms with Gasteiger partial charge in [0.15, 0.2) is 0 Å². The van der Waals surface area contributed by atoms with Crippen molar-refractivity contribution in [2.75, 3.05) is 19.0 Å². The van der Waals surface area contributed by atoms with Gasteiger partial charge in [-0.1, -0.05) is 12.1 Å². The van der Waals surface area contributed by atoms with Crippen molar-refractivity contribution in [3.8, 4) is 0 Å². The number of para-hydroxylation sites is 1. The van der Waals surface area contributed by atoms with Crippen LogP contribution in [0.4, 0.5) is 5.69 Å². The summed E-state index contributed by atoms with van der Waals surface area (Å²) in [5.41, 5.74) is 4.46. The Morgan fingerprint density at radius 3 is 2.62 bits per heavy atom. The lowest BCUT2D eigenvalue weighted by Crippen LogP contribution is -2.32. The summed E-state index contributed by atoms with van der Waals surface area (Å²) in [5, 5.41) is 4.76. The smallest absolute Gasteiger partial charge is 0.208 e. The van der Waals surface area contributed by atoms with Crippen LogP contribution in [0.1, 0.15) is 30.1 Å². The Morgan fingerprint density at radius 1 is 1.10 bits per heavy atom. The monoisotopic (exact) mass is 431 g/mol. The van der Waals surface area contributed by atoms with E-state index in [9.17, 15) is 8.42 Å². The average Bonchev–Trinajstić information content (AvgIpc) is 3.20. The van der Waals surface area contributed by atoms with Crippen molar-refractivity contribution in [3.63, 3.8) is 0 Å². The molecule has 2 aromatic carbocycles. The minimum atomic E-state index is -3.61. The van der Waals surface area contributed by atoms with Crippen molar-refractivity contribution < 1.29 is 8.42 Å². The standard InChI is InChI=1S/C22H25N3O2S.ClH/c1-24(2)19-6-4-5-7-21(19)28(26,27)15-9-11-18-16(13-15)22-17-10-8-14(23-17)12-20(22)25(18)3;/h4-7,9,11,13-14,17,23H,8,10,12H2,1-3H3;1H. The maximum Gasteiger partial charge on any atom is 0.208 e. The molecule has 1 fully saturated rings. The van der Waals surface area contributed by atoms with Crippen molar-refractivity contribution in [1.29, 1.82) is 0 Å². The van der Waals surface area contributed by atoms with Crippen LogP contribution in [-0.2, 0) is 23.3 Å². The molecule has 154 valence electrons. The highest BCUT2D eigenvalue weighted by atomic mass is 35.5. The van der Waals surface area contributed by atoms with E-state index in [0.717, 1.165) is 23.7 Å². The Kier molecular flexibility index (Phi) is 4.92. The summed E-state index contributed by atoms with van der Waals surface area (Å²) >= 11 is 0. The number of benzene rings is 2. The van der Waals surface area contributed by atoms with Gasteiger partial charge in [-0.25, -0.2) is 8.42 Å². The van der Waals surface area contributed by atoms with Gasteiger partial charge in [-0.3, -0.25) is 0 Å². The molecule has 2 aliphatic heterocycles. The van der Waals surface area contributed by atoms with E-state index in [0.29, 0.717) is 27.6 Å². The van der Waals surface area contributed by atoms with E-state index >= 15 is 0 Å². The lowest BCUT2D eigenvalue weighted by Gasteiger charge is -2.23. The molecule has 5 rings (SSSR count). The molecule has 2 aliphatic rings. The number of rotatable bonds is 3. The lowest BCUT2D eigenvalue weighted by molar-refractivity contribution is 0.503. The fourth-order valence-corrected chi connectivity index (χ4v) is 6.49. The predicted molar refractivity (Wildman–Crippen MR) is 119 cm³/mol. The molecule has 0 aliphatic carbocycles. The molecule has 2 unspecified atom stereocenters. The van der Waals surface area contributed by atoms with Crippen LogP contribution in [0, 0.1) is 0 Å². The highest BCUT2D eigenvalue weighted by molar-refractivity contribution is 7.91. The molecule has 5 nitrogen and oxygen atoms in total. The van der Waals surface area contributed by atoms with Gasteiger partial charge in [0, 0.05) is 56.2 Å². The Labute approximate surface area is 178 Å². The zero-order chi connectivity index (χ0) is 19.6. The number of halogens is 1. The van der Waals surface area contributed by atoms with Gasteiger partial charge >= 0.3 is 0 Å². The Hall–Kier alpha value is -2.02. The topological polar surface area (TPSA) is 54.3 Å². The third-order valence-corrected chi connectivity index (χ3v) is 8.11. The number of nitrogens with one attached hydrogen (secondary N) is 1. The van der Waals surface area contributed by atoms with Gasteiger partial charge in [0.2, 0.25) is 9.84 Å². The first-order valence-corrected chi connectivity index (χ1v) is 11.2. The summed E-state index contributed by atoms with van der Waals surface area (Å²) in [6.45, 7) is 0. The van der Waals surface area contributed by atoms with Crippen LogP contribution >= 0.6 is 12.4 Å². The highest BCUT2D eigenvalue weighted by Crippen LogP contribution is 2.42. The molecular formula is C22H26ClN3O2S. The van der Waals surface area contributed by atoms with Crippen LogP contribution in [0.25, 0.3) is 10.9 Å². The zero-order valence-corrected chi connectivity index (χ0v) is 18.5. The molecule has 0 spiro atoms. The van der Waals surface area contributed by atoms with Crippen molar-refractivity contribution in [1.82, 2.24) is 9.88 Å². The Morgan fingerprint density at radius 2 is 1.86 bits per heavy atom. The first-order chi connectivity index (χ1) is 13.4. The molecule has 1 saturated heterocycles. The average molecular weight is 432 g/mol. The summed E-state index contributed by atoms with van der Waals surface area (Å²) in [5.74, 6) is 0.